The van der Waals surface area contributed by atoms with Crippen molar-refractivity contribution in [1.29, 1.82) is 0 Å². The number of esters is 1. The summed E-state index contributed by atoms with van der Waals surface area (Å²) in [6, 6.07) is 0. The molecule has 134 valence electrons. The Bertz CT molecular complexity index is 359. The molecular weight excluding hydrogens is 300 g/mol. The van der Waals surface area contributed by atoms with E-state index in [9.17, 15) is 4.79 Å². The molecular formula is C20H38O2Si. The van der Waals surface area contributed by atoms with Gasteiger partial charge in [0.05, 0.1) is 5.04 Å². The third-order valence-electron chi connectivity index (χ3n) is 6.54. The highest BCUT2D eigenvalue weighted by Crippen LogP contribution is 2.49. The smallest absolute Gasteiger partial charge is 0.308 e. The van der Waals surface area contributed by atoms with Crippen molar-refractivity contribution in [3.05, 3.63) is 0 Å². The van der Waals surface area contributed by atoms with E-state index in [-0.39, 0.29) is 17.1 Å². The van der Waals surface area contributed by atoms with Gasteiger partial charge in [-0.3, -0.25) is 4.79 Å². The zero-order valence-corrected chi connectivity index (χ0v) is 17.7. The summed E-state index contributed by atoms with van der Waals surface area (Å²) in [5, 5.41) is -0.136. The maximum Gasteiger partial charge on any atom is 0.308 e. The minimum absolute atomic E-state index is 0.136. The van der Waals surface area contributed by atoms with Crippen LogP contribution in [0.15, 0.2) is 0 Å². The second-order valence-corrected chi connectivity index (χ2v) is 10.0. The van der Waals surface area contributed by atoms with Crippen molar-refractivity contribution < 1.29 is 9.53 Å². The Labute approximate surface area is 146 Å². The minimum Gasteiger partial charge on any atom is -0.462 e. The molecule has 2 fully saturated rings. The highest BCUT2D eigenvalue weighted by atomic mass is 28.1. The fourth-order valence-electron chi connectivity index (χ4n) is 5.27. The van der Waals surface area contributed by atoms with Crippen LogP contribution >= 0.6 is 0 Å². The number of hydrogen-bond acceptors (Lipinski definition) is 2. The van der Waals surface area contributed by atoms with Crippen molar-refractivity contribution in [1.82, 2.24) is 0 Å². The Morgan fingerprint density at radius 1 is 1.04 bits per heavy atom. The average molecular weight is 339 g/mol. The van der Waals surface area contributed by atoms with E-state index in [4.69, 9.17) is 4.74 Å². The summed E-state index contributed by atoms with van der Waals surface area (Å²) < 4.78 is 6.08. The van der Waals surface area contributed by atoms with Crippen molar-refractivity contribution in [2.75, 3.05) is 0 Å². The van der Waals surface area contributed by atoms with Crippen LogP contribution in [0.3, 0.4) is 0 Å². The normalized spacial score (nSPS) is 25.0. The lowest BCUT2D eigenvalue weighted by atomic mass is 9.71. The Kier molecular flexibility index (Phi) is 7.64. The summed E-state index contributed by atoms with van der Waals surface area (Å²) in [5.74, 6) is 1.50. The molecule has 2 saturated carbocycles. The first kappa shape index (κ1) is 19.0. The molecule has 23 heavy (non-hydrogen) atoms. The lowest BCUT2D eigenvalue weighted by Crippen LogP contribution is -2.40. The second-order valence-electron chi connectivity index (χ2n) is 8.25. The van der Waals surface area contributed by atoms with Crippen LogP contribution in [0.2, 0.25) is 5.04 Å². The van der Waals surface area contributed by atoms with Gasteiger partial charge in [-0.05, 0) is 43.9 Å². The van der Waals surface area contributed by atoms with E-state index in [1.54, 1.807) is 0 Å². The largest absolute Gasteiger partial charge is 0.462 e. The maximum absolute atomic E-state index is 13.2. The zero-order valence-electron chi connectivity index (χ0n) is 15.7. The predicted octanol–water partition coefficient (Wildman–Crippen LogP) is 4.79. The molecule has 0 saturated heterocycles. The molecule has 2 rings (SSSR count). The van der Waals surface area contributed by atoms with Gasteiger partial charge in [0.1, 0.15) is 6.10 Å². The van der Waals surface area contributed by atoms with Crippen molar-refractivity contribution in [2.24, 2.45) is 11.8 Å². The minimum atomic E-state index is -0.136. The van der Waals surface area contributed by atoms with Crippen molar-refractivity contribution in [2.45, 2.75) is 108 Å². The summed E-state index contributed by atoms with van der Waals surface area (Å²) in [4.78, 5) is 13.2. The molecule has 0 aromatic carbocycles. The van der Waals surface area contributed by atoms with E-state index in [1.807, 2.05) is 0 Å². The zero-order chi connectivity index (χ0) is 16.7. The standard InChI is InChI=1S/C20H38O2Si/c1-3-15-20(23,18(4-2)16-11-7-5-8-12-16)19(21)22-17-13-9-6-10-14-17/h16-18H,3-15H2,1-2,23H3. The van der Waals surface area contributed by atoms with Gasteiger partial charge in [-0.2, -0.15) is 0 Å². The first-order valence-electron chi connectivity index (χ1n) is 10.3. The molecule has 0 heterocycles. The monoisotopic (exact) mass is 338 g/mol. The number of ether oxygens (including phenoxy) is 1. The molecule has 0 N–H and O–H groups in total. The average Bonchev–Trinajstić information content (AvgIpc) is 2.57. The third-order valence-corrected chi connectivity index (χ3v) is 8.19. The van der Waals surface area contributed by atoms with Crippen LogP contribution in [0.5, 0.6) is 0 Å². The van der Waals surface area contributed by atoms with E-state index >= 15 is 0 Å². The van der Waals surface area contributed by atoms with Gasteiger partial charge >= 0.3 is 5.97 Å². The van der Waals surface area contributed by atoms with Gasteiger partial charge in [-0.1, -0.05) is 65.2 Å². The van der Waals surface area contributed by atoms with Crippen LogP contribution in [-0.2, 0) is 9.53 Å². The highest BCUT2D eigenvalue weighted by molar-refractivity contribution is 6.27. The van der Waals surface area contributed by atoms with E-state index in [0.29, 0.717) is 5.92 Å². The van der Waals surface area contributed by atoms with Gasteiger partial charge in [-0.25, -0.2) is 0 Å². The van der Waals surface area contributed by atoms with Crippen molar-refractivity contribution in [3.8, 4) is 0 Å². The van der Waals surface area contributed by atoms with Gasteiger partial charge in [0.2, 0.25) is 0 Å². The first-order chi connectivity index (χ1) is 11.1. The molecule has 0 aliphatic heterocycles. The predicted molar refractivity (Wildman–Crippen MR) is 101 cm³/mol. The fourth-order valence-corrected chi connectivity index (χ4v) is 6.77. The number of carbonyl (C=O) groups excluding carboxylic acids is 1. The van der Waals surface area contributed by atoms with E-state index in [1.165, 1.54) is 51.4 Å². The molecule has 0 aromatic rings. The Morgan fingerprint density at radius 2 is 1.61 bits per heavy atom. The lowest BCUT2D eigenvalue weighted by molar-refractivity contribution is -0.157. The van der Waals surface area contributed by atoms with Gasteiger partial charge < -0.3 is 4.74 Å². The maximum atomic E-state index is 13.2. The Morgan fingerprint density at radius 3 is 2.13 bits per heavy atom. The third kappa shape index (κ3) is 4.84. The first-order valence-corrected chi connectivity index (χ1v) is 11.3. The van der Waals surface area contributed by atoms with Gasteiger partial charge in [0, 0.05) is 10.2 Å². The molecule has 2 atom stereocenters. The second kappa shape index (κ2) is 9.24. The summed E-state index contributed by atoms with van der Waals surface area (Å²) >= 11 is 0. The molecule has 0 bridgehead atoms. The van der Waals surface area contributed by atoms with E-state index in [2.05, 4.69) is 13.8 Å². The molecule has 0 amide bonds. The van der Waals surface area contributed by atoms with Gasteiger partial charge in [-0.15, -0.1) is 0 Å². The summed E-state index contributed by atoms with van der Waals surface area (Å²) in [6.45, 7) is 4.53. The van der Waals surface area contributed by atoms with Crippen LogP contribution in [0.25, 0.3) is 0 Å². The number of rotatable bonds is 7. The molecule has 0 spiro atoms. The molecule has 0 radical (unpaired) electrons. The Hall–Kier alpha value is -0.313. The number of hydrogen-bond donors (Lipinski definition) is 0. The van der Waals surface area contributed by atoms with Crippen LogP contribution in [0.4, 0.5) is 0 Å². The molecule has 0 aromatic heterocycles. The molecule has 3 heteroatoms. The van der Waals surface area contributed by atoms with Gasteiger partial charge in [0.25, 0.3) is 0 Å². The number of carbonyl (C=O) groups is 1. The molecule has 2 aliphatic rings. The van der Waals surface area contributed by atoms with Crippen molar-refractivity contribution in [3.63, 3.8) is 0 Å². The SMILES string of the molecule is CCCC([SiH3])(C(=O)OC1CCCCC1)C(CC)C1CCCCC1. The van der Waals surface area contributed by atoms with Gasteiger partial charge in [0.15, 0.2) is 0 Å². The van der Waals surface area contributed by atoms with Crippen LogP contribution in [0.1, 0.15) is 97.3 Å². The topological polar surface area (TPSA) is 26.3 Å². The van der Waals surface area contributed by atoms with E-state index < -0.39 is 0 Å². The van der Waals surface area contributed by atoms with Crippen LogP contribution in [0, 0.1) is 11.8 Å². The quantitative estimate of drug-likeness (QED) is 0.492. The van der Waals surface area contributed by atoms with Crippen molar-refractivity contribution >= 4 is 16.2 Å². The van der Waals surface area contributed by atoms with Crippen LogP contribution in [-0.4, -0.2) is 22.3 Å². The highest BCUT2D eigenvalue weighted by Gasteiger charge is 2.45. The Balaban J connectivity index is 2.08. The fraction of sp³-hybridized carbons (Fsp3) is 0.950. The molecule has 2 nitrogen and oxygen atoms in total. The molecule has 2 aliphatic carbocycles. The summed E-state index contributed by atoms with van der Waals surface area (Å²) in [6.07, 6.45) is 16.3. The van der Waals surface area contributed by atoms with E-state index in [0.717, 1.165) is 48.3 Å². The summed E-state index contributed by atoms with van der Waals surface area (Å²) in [7, 11) is 0.944. The van der Waals surface area contributed by atoms with Crippen LogP contribution < -0.4 is 0 Å². The summed E-state index contributed by atoms with van der Waals surface area (Å²) in [5.41, 5.74) is 0. The lowest BCUT2D eigenvalue weighted by Gasteiger charge is -2.42. The molecule has 2 unspecified atom stereocenters.